The average molecular weight is 280 g/mol. The van der Waals surface area contributed by atoms with Crippen LogP contribution in [0.3, 0.4) is 0 Å². The highest BCUT2D eigenvalue weighted by Gasteiger charge is 2.37. The molecule has 0 saturated heterocycles. The first-order valence-corrected chi connectivity index (χ1v) is 7.61. The minimum atomic E-state index is 0.0265. The van der Waals surface area contributed by atoms with Gasteiger partial charge in [-0.2, -0.15) is 0 Å². The Morgan fingerprint density at radius 2 is 2.10 bits per heavy atom. The van der Waals surface area contributed by atoms with Crippen LogP contribution in [-0.2, 0) is 4.74 Å². The van der Waals surface area contributed by atoms with Gasteiger partial charge in [-0.1, -0.05) is 0 Å². The first-order valence-electron chi connectivity index (χ1n) is 7.61. The summed E-state index contributed by atoms with van der Waals surface area (Å²) in [6, 6.07) is 4.74. The van der Waals surface area contributed by atoms with E-state index in [1.54, 1.807) is 7.11 Å². The fourth-order valence-electron chi connectivity index (χ4n) is 2.98. The zero-order valence-corrected chi connectivity index (χ0v) is 13.1. The molecule has 0 spiro atoms. The van der Waals surface area contributed by atoms with Crippen LogP contribution in [0.1, 0.15) is 44.3 Å². The van der Waals surface area contributed by atoms with Gasteiger partial charge in [0.05, 0.1) is 12.6 Å². The second kappa shape index (κ2) is 6.74. The van der Waals surface area contributed by atoms with Crippen molar-refractivity contribution in [3.8, 4) is 0 Å². The molecule has 0 aromatic carbocycles. The number of methoxy groups -OCH3 is 1. The molecule has 1 aliphatic carbocycles. The molecule has 3 unspecified atom stereocenters. The number of aryl methyl sites for hydroxylation is 1. The number of rotatable bonds is 8. The van der Waals surface area contributed by atoms with Crippen molar-refractivity contribution in [3.05, 3.63) is 23.7 Å². The van der Waals surface area contributed by atoms with E-state index in [2.05, 4.69) is 24.8 Å². The van der Waals surface area contributed by atoms with Gasteiger partial charge in [0.1, 0.15) is 11.5 Å². The second-order valence-electron chi connectivity index (χ2n) is 6.06. The van der Waals surface area contributed by atoms with Crippen LogP contribution < -0.4 is 5.73 Å². The number of nitrogens with zero attached hydrogens (tertiary/aromatic N) is 1. The van der Waals surface area contributed by atoms with Crippen molar-refractivity contribution >= 4 is 0 Å². The van der Waals surface area contributed by atoms with E-state index in [0.29, 0.717) is 6.04 Å². The van der Waals surface area contributed by atoms with Gasteiger partial charge in [-0.15, -0.1) is 0 Å². The van der Waals surface area contributed by atoms with Crippen molar-refractivity contribution in [2.75, 3.05) is 20.3 Å². The van der Waals surface area contributed by atoms with Gasteiger partial charge in [0, 0.05) is 25.7 Å². The molecule has 20 heavy (non-hydrogen) atoms. The molecular formula is C16H28N2O2. The van der Waals surface area contributed by atoms with Gasteiger partial charge >= 0.3 is 0 Å². The summed E-state index contributed by atoms with van der Waals surface area (Å²) in [5.74, 6) is 2.71. The maximum Gasteiger partial charge on any atom is 0.122 e. The van der Waals surface area contributed by atoms with Crippen molar-refractivity contribution in [2.45, 2.75) is 51.7 Å². The van der Waals surface area contributed by atoms with Crippen molar-refractivity contribution in [2.24, 2.45) is 11.7 Å². The first-order chi connectivity index (χ1) is 9.54. The Balaban J connectivity index is 2.20. The van der Waals surface area contributed by atoms with E-state index in [1.807, 2.05) is 13.0 Å². The Morgan fingerprint density at radius 3 is 2.55 bits per heavy atom. The molecule has 0 bridgehead atoms. The van der Waals surface area contributed by atoms with Crippen LogP contribution >= 0.6 is 0 Å². The number of hydrogen-bond donors (Lipinski definition) is 1. The first kappa shape index (κ1) is 15.5. The maximum atomic E-state index is 6.27. The lowest BCUT2D eigenvalue weighted by atomic mass is 10.0. The molecule has 2 N–H and O–H groups in total. The van der Waals surface area contributed by atoms with E-state index in [4.69, 9.17) is 14.9 Å². The molecule has 1 fully saturated rings. The Kier molecular flexibility index (Phi) is 5.24. The van der Waals surface area contributed by atoms with Crippen LogP contribution in [0.4, 0.5) is 0 Å². The molecule has 4 nitrogen and oxygen atoms in total. The van der Waals surface area contributed by atoms with Crippen LogP contribution in [0.15, 0.2) is 16.5 Å². The third-order valence-corrected chi connectivity index (χ3v) is 4.29. The molecule has 1 aromatic heterocycles. The van der Waals surface area contributed by atoms with Gasteiger partial charge < -0.3 is 14.9 Å². The van der Waals surface area contributed by atoms with Crippen LogP contribution in [0.5, 0.6) is 0 Å². The fraction of sp³-hybridized carbons (Fsp3) is 0.750. The summed E-state index contributed by atoms with van der Waals surface area (Å²) in [7, 11) is 1.75. The molecule has 114 valence electrons. The van der Waals surface area contributed by atoms with E-state index in [1.165, 1.54) is 12.8 Å². The van der Waals surface area contributed by atoms with Crippen LogP contribution in [-0.4, -0.2) is 37.2 Å². The molecular weight excluding hydrogens is 252 g/mol. The summed E-state index contributed by atoms with van der Waals surface area (Å²) in [6.07, 6.45) is 2.65. The lowest BCUT2D eigenvalue weighted by Crippen LogP contribution is -2.46. The molecule has 1 aromatic rings. The summed E-state index contributed by atoms with van der Waals surface area (Å²) in [6.45, 7) is 7.95. The van der Waals surface area contributed by atoms with Crippen molar-refractivity contribution in [1.82, 2.24) is 4.90 Å². The number of hydrogen-bond acceptors (Lipinski definition) is 4. The van der Waals surface area contributed by atoms with Crippen LogP contribution in [0, 0.1) is 12.8 Å². The van der Waals surface area contributed by atoms with Crippen molar-refractivity contribution in [1.29, 1.82) is 0 Å². The summed E-state index contributed by atoms with van der Waals surface area (Å²) >= 11 is 0. The topological polar surface area (TPSA) is 51.6 Å². The second-order valence-corrected chi connectivity index (χ2v) is 6.06. The molecule has 1 heterocycles. The van der Waals surface area contributed by atoms with Gasteiger partial charge in [0.25, 0.3) is 0 Å². The average Bonchev–Trinajstić information content (AvgIpc) is 3.16. The normalized spacial score (nSPS) is 20.1. The number of furan rings is 1. The van der Waals surface area contributed by atoms with E-state index < -0.39 is 0 Å². The monoisotopic (exact) mass is 280 g/mol. The zero-order valence-electron chi connectivity index (χ0n) is 13.1. The van der Waals surface area contributed by atoms with Crippen molar-refractivity contribution < 1.29 is 9.15 Å². The number of ether oxygens (including phenoxy) is 1. The summed E-state index contributed by atoms with van der Waals surface area (Å²) in [5.41, 5.74) is 6.27. The lowest BCUT2D eigenvalue weighted by Gasteiger charge is -2.37. The number of nitrogens with two attached hydrogens (primary N) is 1. The smallest absolute Gasteiger partial charge is 0.122 e. The highest BCUT2D eigenvalue weighted by molar-refractivity contribution is 5.12. The quantitative estimate of drug-likeness (QED) is 0.795. The molecule has 0 amide bonds. The third-order valence-electron chi connectivity index (χ3n) is 4.29. The molecule has 0 aliphatic heterocycles. The van der Waals surface area contributed by atoms with Gasteiger partial charge in [0.15, 0.2) is 0 Å². The van der Waals surface area contributed by atoms with E-state index in [0.717, 1.165) is 30.6 Å². The highest BCUT2D eigenvalue weighted by atomic mass is 16.5. The van der Waals surface area contributed by atoms with Gasteiger partial charge in [0.2, 0.25) is 0 Å². The Hall–Kier alpha value is -0.840. The Bertz CT molecular complexity index is 412. The molecule has 1 saturated carbocycles. The van der Waals surface area contributed by atoms with Gasteiger partial charge in [-0.3, -0.25) is 4.90 Å². The SMILES string of the molecule is COCCN(C(C)C1CC1)C(c1ccc(C)o1)C(C)N. The van der Waals surface area contributed by atoms with Gasteiger partial charge in [-0.05, 0) is 51.7 Å². The van der Waals surface area contributed by atoms with Gasteiger partial charge in [-0.25, -0.2) is 0 Å². The Morgan fingerprint density at radius 1 is 1.40 bits per heavy atom. The van der Waals surface area contributed by atoms with E-state index in [-0.39, 0.29) is 12.1 Å². The maximum absolute atomic E-state index is 6.27. The van der Waals surface area contributed by atoms with Crippen molar-refractivity contribution in [3.63, 3.8) is 0 Å². The predicted octanol–water partition coefficient (Wildman–Crippen LogP) is 2.72. The largest absolute Gasteiger partial charge is 0.465 e. The molecule has 1 aliphatic rings. The molecule has 0 radical (unpaired) electrons. The van der Waals surface area contributed by atoms with Crippen LogP contribution in [0.2, 0.25) is 0 Å². The predicted molar refractivity (Wildman–Crippen MR) is 80.6 cm³/mol. The van der Waals surface area contributed by atoms with E-state index >= 15 is 0 Å². The minimum absolute atomic E-state index is 0.0265. The molecule has 3 atom stereocenters. The highest BCUT2D eigenvalue weighted by Crippen LogP contribution is 2.39. The van der Waals surface area contributed by atoms with Crippen LogP contribution in [0.25, 0.3) is 0 Å². The van der Waals surface area contributed by atoms with E-state index in [9.17, 15) is 0 Å². The molecule has 2 rings (SSSR count). The summed E-state index contributed by atoms with van der Waals surface area (Å²) in [5, 5.41) is 0. The fourth-order valence-corrected chi connectivity index (χ4v) is 2.98. The minimum Gasteiger partial charge on any atom is -0.465 e. The third kappa shape index (κ3) is 3.62. The summed E-state index contributed by atoms with van der Waals surface area (Å²) in [4.78, 5) is 2.46. The lowest BCUT2D eigenvalue weighted by molar-refractivity contribution is 0.0621. The zero-order chi connectivity index (χ0) is 14.7. The molecule has 4 heteroatoms. The standard InChI is InChI=1S/C16H28N2O2/c1-11-5-8-15(20-11)16(12(2)17)18(9-10-19-4)13(3)14-6-7-14/h5,8,12-14,16H,6-7,9-10,17H2,1-4H3. The summed E-state index contributed by atoms with van der Waals surface area (Å²) < 4.78 is 11.1. The Labute approximate surface area is 122 Å².